The predicted octanol–water partition coefficient (Wildman–Crippen LogP) is 2.26. The second-order valence-electron chi connectivity index (χ2n) is 5.11. The number of hydrogen-bond donors (Lipinski definition) is 1. The Balaban J connectivity index is 1.85. The topological polar surface area (TPSA) is 49.8 Å². The molecular weight excluding hydrogens is 278 g/mol. The fourth-order valence-electron chi connectivity index (χ4n) is 2.35. The molecule has 0 saturated carbocycles. The van der Waals surface area contributed by atoms with Crippen LogP contribution >= 0.6 is 11.6 Å². The van der Waals surface area contributed by atoms with E-state index in [0.717, 1.165) is 30.6 Å². The average Bonchev–Trinajstić information content (AvgIpc) is 2.85. The molecule has 2 rings (SSSR count). The Hall–Kier alpha value is -1.26. The molecule has 1 aromatic carbocycles. The monoisotopic (exact) mass is 297 g/mol. The Morgan fingerprint density at radius 3 is 3.00 bits per heavy atom. The first-order valence-electron chi connectivity index (χ1n) is 6.92. The number of aliphatic hydroxyl groups excluding tert-OH is 1. The molecule has 1 aliphatic heterocycles. The van der Waals surface area contributed by atoms with E-state index in [1.165, 1.54) is 0 Å². The van der Waals surface area contributed by atoms with Gasteiger partial charge in [0.05, 0.1) is 0 Å². The number of hydrogen-bond acceptors (Lipinski definition) is 3. The zero-order valence-corrected chi connectivity index (χ0v) is 12.4. The van der Waals surface area contributed by atoms with Crippen LogP contribution in [0, 0.1) is 0 Å². The summed E-state index contributed by atoms with van der Waals surface area (Å²) in [6.07, 6.45) is 2.75. The highest BCUT2D eigenvalue weighted by atomic mass is 35.5. The summed E-state index contributed by atoms with van der Waals surface area (Å²) in [4.78, 5) is 14.0. The van der Waals surface area contributed by atoms with Crippen LogP contribution < -0.4 is 4.74 Å². The average molecular weight is 298 g/mol. The Morgan fingerprint density at radius 2 is 2.25 bits per heavy atom. The molecule has 0 bridgehead atoms. The van der Waals surface area contributed by atoms with Gasteiger partial charge in [-0.25, -0.2) is 0 Å². The second kappa shape index (κ2) is 6.95. The van der Waals surface area contributed by atoms with Gasteiger partial charge in [-0.05, 0) is 43.0 Å². The molecular formula is C15H20ClNO3. The lowest BCUT2D eigenvalue weighted by atomic mass is 10.1. The zero-order chi connectivity index (χ0) is 14.5. The van der Waals surface area contributed by atoms with E-state index in [9.17, 15) is 4.79 Å². The summed E-state index contributed by atoms with van der Waals surface area (Å²) in [6.45, 7) is 0.898. The normalized spacial score (nSPS) is 16.6. The van der Waals surface area contributed by atoms with E-state index in [0.29, 0.717) is 18.0 Å². The number of fused-ring (bicyclic) bond motifs is 1. The van der Waals surface area contributed by atoms with E-state index in [2.05, 4.69) is 0 Å². The Morgan fingerprint density at radius 1 is 1.45 bits per heavy atom. The van der Waals surface area contributed by atoms with Gasteiger partial charge in [-0.15, -0.1) is 0 Å². The van der Waals surface area contributed by atoms with Crippen LogP contribution in [0.1, 0.15) is 24.8 Å². The molecule has 110 valence electrons. The lowest BCUT2D eigenvalue weighted by Gasteiger charge is -2.20. The number of nitrogens with zero attached hydrogens (tertiary/aromatic N) is 1. The Kier molecular flexibility index (Phi) is 5.26. The highest BCUT2D eigenvalue weighted by Crippen LogP contribution is 2.31. The molecule has 0 radical (unpaired) electrons. The fourth-order valence-corrected chi connectivity index (χ4v) is 2.54. The molecule has 0 aromatic heterocycles. The maximum absolute atomic E-state index is 12.3. The number of unbranched alkanes of at least 4 members (excludes halogenated alkanes) is 2. The van der Waals surface area contributed by atoms with Crippen LogP contribution in [0.5, 0.6) is 5.75 Å². The summed E-state index contributed by atoms with van der Waals surface area (Å²) in [6, 6.07) is 5.43. The smallest absolute Gasteiger partial charge is 0.263 e. The molecule has 1 aromatic rings. The summed E-state index contributed by atoms with van der Waals surface area (Å²) in [7, 11) is 1.79. The number of aliphatic hydroxyl groups is 1. The highest BCUT2D eigenvalue weighted by molar-refractivity contribution is 6.30. The van der Waals surface area contributed by atoms with Gasteiger partial charge in [-0.3, -0.25) is 4.79 Å². The SMILES string of the molecule is CN(CCCCCO)C(=O)C1Cc2cc(Cl)ccc2O1. The first-order valence-corrected chi connectivity index (χ1v) is 7.30. The first-order chi connectivity index (χ1) is 9.61. The van der Waals surface area contributed by atoms with Crippen LogP contribution in [0.4, 0.5) is 0 Å². The van der Waals surface area contributed by atoms with E-state index in [1.54, 1.807) is 18.0 Å². The van der Waals surface area contributed by atoms with Crippen molar-refractivity contribution >= 4 is 17.5 Å². The van der Waals surface area contributed by atoms with E-state index < -0.39 is 6.10 Å². The van der Waals surface area contributed by atoms with Gasteiger partial charge in [0.1, 0.15) is 5.75 Å². The highest BCUT2D eigenvalue weighted by Gasteiger charge is 2.31. The van der Waals surface area contributed by atoms with Crippen LogP contribution in [-0.2, 0) is 11.2 Å². The van der Waals surface area contributed by atoms with E-state index in [4.69, 9.17) is 21.4 Å². The maximum Gasteiger partial charge on any atom is 0.263 e. The van der Waals surface area contributed by atoms with Crippen molar-refractivity contribution in [3.05, 3.63) is 28.8 Å². The summed E-state index contributed by atoms with van der Waals surface area (Å²) >= 11 is 5.94. The number of ether oxygens (including phenoxy) is 1. The molecule has 4 nitrogen and oxygen atoms in total. The van der Waals surface area contributed by atoms with Gasteiger partial charge in [0.15, 0.2) is 6.10 Å². The zero-order valence-electron chi connectivity index (χ0n) is 11.6. The molecule has 1 heterocycles. The van der Waals surface area contributed by atoms with Gasteiger partial charge < -0.3 is 14.7 Å². The minimum absolute atomic E-state index is 0.00122. The Labute approximate surface area is 124 Å². The third kappa shape index (κ3) is 3.64. The Bertz CT molecular complexity index is 478. The summed E-state index contributed by atoms with van der Waals surface area (Å²) in [5.41, 5.74) is 0.990. The summed E-state index contributed by atoms with van der Waals surface area (Å²) < 4.78 is 5.68. The minimum Gasteiger partial charge on any atom is -0.480 e. The van der Waals surface area contributed by atoms with Gasteiger partial charge >= 0.3 is 0 Å². The van der Waals surface area contributed by atoms with Crippen LogP contribution in [0.2, 0.25) is 5.02 Å². The lowest BCUT2D eigenvalue weighted by molar-refractivity contribution is -0.136. The van der Waals surface area contributed by atoms with Crippen LogP contribution in [0.3, 0.4) is 0 Å². The standard InChI is InChI=1S/C15H20ClNO3/c1-17(7-3-2-4-8-18)15(19)14-10-11-9-12(16)5-6-13(11)20-14/h5-6,9,14,18H,2-4,7-8,10H2,1H3. The molecule has 0 fully saturated rings. The maximum atomic E-state index is 12.3. The predicted molar refractivity (Wildman–Crippen MR) is 78.1 cm³/mol. The molecule has 1 amide bonds. The lowest BCUT2D eigenvalue weighted by Crippen LogP contribution is -2.39. The first kappa shape index (κ1) is 15.1. The number of carbonyl (C=O) groups excluding carboxylic acids is 1. The molecule has 1 atom stereocenters. The number of halogens is 1. The van der Waals surface area contributed by atoms with Gasteiger partial charge in [-0.2, -0.15) is 0 Å². The third-order valence-corrected chi connectivity index (χ3v) is 3.74. The molecule has 0 aliphatic carbocycles. The van der Waals surface area contributed by atoms with Gasteiger partial charge in [0.2, 0.25) is 0 Å². The number of rotatable bonds is 6. The van der Waals surface area contributed by atoms with Crippen LogP contribution in [-0.4, -0.2) is 42.2 Å². The molecule has 1 aliphatic rings. The fraction of sp³-hybridized carbons (Fsp3) is 0.533. The van der Waals surface area contributed by atoms with Crippen molar-refractivity contribution in [2.45, 2.75) is 31.8 Å². The van der Waals surface area contributed by atoms with Crippen molar-refractivity contribution in [3.63, 3.8) is 0 Å². The third-order valence-electron chi connectivity index (χ3n) is 3.50. The molecule has 20 heavy (non-hydrogen) atoms. The van der Waals surface area contributed by atoms with Crippen LogP contribution in [0.15, 0.2) is 18.2 Å². The number of benzene rings is 1. The van der Waals surface area contributed by atoms with Gasteiger partial charge in [0, 0.05) is 31.6 Å². The number of carbonyl (C=O) groups is 1. The second-order valence-corrected chi connectivity index (χ2v) is 5.54. The van der Waals surface area contributed by atoms with Crippen LogP contribution in [0.25, 0.3) is 0 Å². The van der Waals surface area contributed by atoms with E-state index >= 15 is 0 Å². The quantitative estimate of drug-likeness (QED) is 0.820. The molecule has 1 N–H and O–H groups in total. The molecule has 5 heteroatoms. The number of likely N-dealkylation sites (N-methyl/N-ethyl adjacent to an activating group) is 1. The molecule has 0 saturated heterocycles. The van der Waals surface area contributed by atoms with Crippen molar-refractivity contribution in [1.82, 2.24) is 4.90 Å². The minimum atomic E-state index is -0.439. The van der Waals surface area contributed by atoms with Crippen molar-refractivity contribution in [2.24, 2.45) is 0 Å². The van der Waals surface area contributed by atoms with Gasteiger partial charge in [-0.1, -0.05) is 11.6 Å². The number of amides is 1. The summed E-state index contributed by atoms with van der Waals surface area (Å²) in [5, 5.41) is 9.39. The molecule has 0 spiro atoms. The summed E-state index contributed by atoms with van der Waals surface area (Å²) in [5.74, 6) is 0.753. The van der Waals surface area contributed by atoms with E-state index in [-0.39, 0.29) is 12.5 Å². The van der Waals surface area contributed by atoms with Crippen molar-refractivity contribution in [1.29, 1.82) is 0 Å². The van der Waals surface area contributed by atoms with Gasteiger partial charge in [0.25, 0.3) is 5.91 Å². The van der Waals surface area contributed by atoms with Crippen molar-refractivity contribution < 1.29 is 14.6 Å². The van der Waals surface area contributed by atoms with Crippen molar-refractivity contribution in [2.75, 3.05) is 20.2 Å². The largest absolute Gasteiger partial charge is 0.480 e. The van der Waals surface area contributed by atoms with E-state index in [1.807, 2.05) is 12.1 Å². The van der Waals surface area contributed by atoms with Crippen molar-refractivity contribution in [3.8, 4) is 5.75 Å². The molecule has 1 unspecified atom stereocenters.